The van der Waals surface area contributed by atoms with Gasteiger partial charge in [-0.15, -0.1) is 0 Å². The van der Waals surface area contributed by atoms with E-state index in [-0.39, 0.29) is 11.7 Å². The van der Waals surface area contributed by atoms with Gasteiger partial charge in [-0.2, -0.15) is 0 Å². The molecule has 16 heavy (non-hydrogen) atoms. The van der Waals surface area contributed by atoms with Crippen LogP contribution in [0.2, 0.25) is 0 Å². The molecule has 2 aliphatic heterocycles. The zero-order valence-corrected chi connectivity index (χ0v) is 10.6. The van der Waals surface area contributed by atoms with E-state index >= 15 is 0 Å². The van der Waals surface area contributed by atoms with Crippen molar-refractivity contribution in [2.45, 2.75) is 45.3 Å². The number of likely N-dealkylation sites (tertiary alicyclic amines) is 1. The van der Waals surface area contributed by atoms with Gasteiger partial charge >= 0.3 is 6.09 Å². The van der Waals surface area contributed by atoms with Gasteiger partial charge in [0.05, 0.1) is 13.2 Å². The average Bonchev–Trinajstić information content (AvgIpc) is 2.80. The Morgan fingerprint density at radius 1 is 1.50 bits per heavy atom. The molecule has 0 saturated carbocycles. The lowest BCUT2D eigenvalue weighted by molar-refractivity contribution is 0.00674. The van der Waals surface area contributed by atoms with Crippen molar-refractivity contribution in [1.29, 1.82) is 0 Å². The summed E-state index contributed by atoms with van der Waals surface area (Å²) in [5.41, 5.74) is -0.468. The number of carbonyl (C=O) groups excluding carboxylic acids is 1. The molecule has 0 bridgehead atoms. The highest BCUT2D eigenvalue weighted by atomic mass is 16.6. The van der Waals surface area contributed by atoms with Crippen LogP contribution >= 0.6 is 0 Å². The SMILES string of the molecule is CC1CN(C(=O)OC(C)(C)C)CC2(CO2)C1. The van der Waals surface area contributed by atoms with Crippen LogP contribution in [-0.4, -0.2) is 41.9 Å². The van der Waals surface area contributed by atoms with E-state index in [1.807, 2.05) is 20.8 Å². The third kappa shape index (κ3) is 2.67. The van der Waals surface area contributed by atoms with E-state index in [0.29, 0.717) is 12.5 Å². The van der Waals surface area contributed by atoms with Crippen LogP contribution < -0.4 is 0 Å². The van der Waals surface area contributed by atoms with Gasteiger partial charge in [-0.25, -0.2) is 4.79 Å². The fraction of sp³-hybridized carbons (Fsp3) is 0.917. The second-order valence-electron chi connectivity index (χ2n) is 6.14. The van der Waals surface area contributed by atoms with Crippen molar-refractivity contribution < 1.29 is 14.3 Å². The Balaban J connectivity index is 1.96. The fourth-order valence-electron chi connectivity index (χ4n) is 2.33. The zero-order chi connectivity index (χ0) is 12.0. The molecule has 1 amide bonds. The normalized spacial score (nSPS) is 34.0. The van der Waals surface area contributed by atoms with Crippen LogP contribution in [0.15, 0.2) is 0 Å². The molecule has 0 aromatic heterocycles. The van der Waals surface area contributed by atoms with E-state index in [2.05, 4.69) is 6.92 Å². The molecule has 92 valence electrons. The largest absolute Gasteiger partial charge is 0.444 e. The van der Waals surface area contributed by atoms with Crippen LogP contribution in [0, 0.1) is 5.92 Å². The lowest BCUT2D eigenvalue weighted by atomic mass is 9.91. The van der Waals surface area contributed by atoms with E-state index in [0.717, 1.165) is 19.6 Å². The number of amides is 1. The number of piperidine rings is 1. The Morgan fingerprint density at radius 3 is 2.62 bits per heavy atom. The third-order valence-corrected chi connectivity index (χ3v) is 2.94. The Labute approximate surface area is 96.9 Å². The second kappa shape index (κ2) is 3.62. The number of hydrogen-bond acceptors (Lipinski definition) is 3. The highest BCUT2D eigenvalue weighted by molar-refractivity contribution is 5.68. The number of carbonyl (C=O) groups is 1. The summed E-state index contributed by atoms with van der Waals surface area (Å²) in [4.78, 5) is 13.7. The summed E-state index contributed by atoms with van der Waals surface area (Å²) in [5, 5.41) is 0. The van der Waals surface area contributed by atoms with Crippen LogP contribution in [0.3, 0.4) is 0 Å². The standard InChI is InChI=1S/C12H21NO3/c1-9-5-12(8-15-12)7-13(6-9)10(14)16-11(2,3)4/h9H,5-8H2,1-4H3. The molecule has 2 fully saturated rings. The van der Waals surface area contributed by atoms with E-state index in [4.69, 9.17) is 9.47 Å². The number of nitrogens with zero attached hydrogens (tertiary/aromatic N) is 1. The lowest BCUT2D eigenvalue weighted by Gasteiger charge is -2.35. The van der Waals surface area contributed by atoms with Crippen molar-refractivity contribution in [3.63, 3.8) is 0 Å². The Bertz CT molecular complexity index is 291. The van der Waals surface area contributed by atoms with Gasteiger partial charge in [-0.1, -0.05) is 6.92 Å². The maximum Gasteiger partial charge on any atom is 0.410 e. The Kier molecular flexibility index (Phi) is 2.65. The predicted octanol–water partition coefficient (Wildman–Crippen LogP) is 2.03. The molecule has 2 atom stereocenters. The minimum Gasteiger partial charge on any atom is -0.444 e. The van der Waals surface area contributed by atoms with Gasteiger partial charge in [0.1, 0.15) is 11.2 Å². The summed E-state index contributed by atoms with van der Waals surface area (Å²) < 4.78 is 10.8. The van der Waals surface area contributed by atoms with Gasteiger partial charge in [-0.3, -0.25) is 0 Å². The Morgan fingerprint density at radius 2 is 2.12 bits per heavy atom. The molecule has 0 radical (unpaired) electrons. The molecule has 2 aliphatic rings. The minimum absolute atomic E-state index is 0.0471. The van der Waals surface area contributed by atoms with E-state index in [1.165, 1.54) is 0 Å². The molecule has 0 aliphatic carbocycles. The number of hydrogen-bond donors (Lipinski definition) is 0. The minimum atomic E-state index is -0.421. The highest BCUT2D eigenvalue weighted by Crippen LogP contribution is 2.39. The summed E-state index contributed by atoms with van der Waals surface area (Å²) in [6, 6.07) is 0. The van der Waals surface area contributed by atoms with Crippen LogP contribution in [0.1, 0.15) is 34.1 Å². The van der Waals surface area contributed by atoms with Crippen molar-refractivity contribution in [3.8, 4) is 0 Å². The van der Waals surface area contributed by atoms with E-state index < -0.39 is 5.60 Å². The topological polar surface area (TPSA) is 42.1 Å². The second-order valence-corrected chi connectivity index (χ2v) is 6.14. The Hall–Kier alpha value is -0.770. The van der Waals surface area contributed by atoms with E-state index in [1.54, 1.807) is 4.90 Å². The molecule has 0 aromatic carbocycles. The quantitative estimate of drug-likeness (QED) is 0.595. The van der Waals surface area contributed by atoms with Gasteiger partial charge in [0, 0.05) is 6.54 Å². The molecule has 2 saturated heterocycles. The van der Waals surface area contributed by atoms with Crippen molar-refractivity contribution in [3.05, 3.63) is 0 Å². The first-order valence-electron chi connectivity index (χ1n) is 5.92. The first kappa shape index (κ1) is 11.7. The molecule has 2 rings (SSSR count). The summed E-state index contributed by atoms with van der Waals surface area (Å²) >= 11 is 0. The van der Waals surface area contributed by atoms with Crippen molar-refractivity contribution in [2.24, 2.45) is 5.92 Å². The van der Waals surface area contributed by atoms with E-state index in [9.17, 15) is 4.79 Å². The first-order valence-corrected chi connectivity index (χ1v) is 5.92. The van der Waals surface area contributed by atoms with Gasteiger partial charge in [0.15, 0.2) is 0 Å². The van der Waals surface area contributed by atoms with Crippen molar-refractivity contribution in [1.82, 2.24) is 4.90 Å². The summed E-state index contributed by atoms with van der Waals surface area (Å²) in [6.45, 7) is 10.1. The predicted molar refractivity (Wildman–Crippen MR) is 60.3 cm³/mol. The van der Waals surface area contributed by atoms with Gasteiger partial charge in [-0.05, 0) is 33.1 Å². The van der Waals surface area contributed by atoms with Crippen LogP contribution in [0.5, 0.6) is 0 Å². The molecule has 2 heterocycles. The van der Waals surface area contributed by atoms with Crippen LogP contribution in [0.4, 0.5) is 4.79 Å². The maximum absolute atomic E-state index is 11.9. The number of ether oxygens (including phenoxy) is 2. The summed E-state index contributed by atoms with van der Waals surface area (Å²) in [6.07, 6.45) is 0.848. The van der Waals surface area contributed by atoms with Gasteiger partial charge in [0.25, 0.3) is 0 Å². The van der Waals surface area contributed by atoms with Gasteiger partial charge < -0.3 is 14.4 Å². The first-order chi connectivity index (χ1) is 7.30. The maximum atomic E-state index is 11.9. The monoisotopic (exact) mass is 227 g/mol. The fourth-order valence-corrected chi connectivity index (χ4v) is 2.33. The summed E-state index contributed by atoms with van der Waals surface area (Å²) in [7, 11) is 0. The molecular weight excluding hydrogens is 206 g/mol. The summed E-state index contributed by atoms with van der Waals surface area (Å²) in [5.74, 6) is 0.490. The molecule has 2 unspecified atom stereocenters. The van der Waals surface area contributed by atoms with Crippen molar-refractivity contribution in [2.75, 3.05) is 19.7 Å². The highest BCUT2D eigenvalue weighted by Gasteiger charge is 2.51. The molecular formula is C12H21NO3. The number of epoxide rings is 1. The van der Waals surface area contributed by atoms with Crippen molar-refractivity contribution >= 4 is 6.09 Å². The van der Waals surface area contributed by atoms with Crippen LogP contribution in [-0.2, 0) is 9.47 Å². The molecule has 0 N–H and O–H groups in total. The zero-order valence-electron chi connectivity index (χ0n) is 10.6. The average molecular weight is 227 g/mol. The molecule has 0 aromatic rings. The molecule has 4 heteroatoms. The van der Waals surface area contributed by atoms with Gasteiger partial charge in [0.2, 0.25) is 0 Å². The lowest BCUT2D eigenvalue weighted by Crippen LogP contribution is -2.49. The molecule has 4 nitrogen and oxygen atoms in total. The third-order valence-electron chi connectivity index (χ3n) is 2.94. The molecule has 1 spiro atoms. The van der Waals surface area contributed by atoms with Crippen LogP contribution in [0.25, 0.3) is 0 Å². The number of rotatable bonds is 0. The smallest absolute Gasteiger partial charge is 0.410 e.